The number of nitrogens with zero attached hydrogens (tertiary/aromatic N) is 10. The maximum Gasteiger partial charge on any atom is 0.319 e. The van der Waals surface area contributed by atoms with E-state index in [1.165, 1.54) is 94.3 Å². The number of ether oxygens (including phenoxy) is 4. The number of carbonyl (C=O) groups is 2. The van der Waals surface area contributed by atoms with Crippen molar-refractivity contribution < 1.29 is 38.7 Å². The number of benzene rings is 2. The SMILES string of the molecule is CN(CCCNC(=O)Nc1ccc(C2CCCCC2)cc1)C[C@H]1O[C@@H](n2cnc3c(N)ncnc32)[C@@H]2OC(C)(C)O[C@@H]21.CN(CCCNC(=O)Nc1ccc(C2CCCCC2)cc1)C[C@H]1O[C@@H](n2cnc3c(N)ncnc32)[C@H](O)[C@@H]1O. The molecule has 24 heteroatoms. The number of aliphatic hydroxyl groups is 2. The molecule has 10 N–H and O–H groups in total. The molecule has 2 aromatic carbocycles. The van der Waals surface area contributed by atoms with Crippen LogP contribution in [0.4, 0.5) is 32.6 Å². The third-order valence-corrected chi connectivity index (χ3v) is 16.3. The molecule has 0 radical (unpaired) electrons. The number of imidazole rings is 2. The lowest BCUT2D eigenvalue weighted by molar-refractivity contribution is -0.197. The molecule has 11 rings (SSSR count). The van der Waals surface area contributed by atoms with Crippen molar-refractivity contribution in [2.75, 3.05) is 75.5 Å². The first kappa shape index (κ1) is 57.6. The molecular formula is C57H80N16O8. The third-order valence-electron chi connectivity index (χ3n) is 16.3. The summed E-state index contributed by atoms with van der Waals surface area (Å²) in [5.74, 6) is 1.12. The van der Waals surface area contributed by atoms with Crippen molar-refractivity contribution in [1.82, 2.24) is 59.5 Å². The fraction of sp³-hybridized carbons (Fsp3) is 0.579. The number of amides is 4. The van der Waals surface area contributed by atoms with E-state index in [2.05, 4.69) is 80.3 Å². The second kappa shape index (κ2) is 26.1. The van der Waals surface area contributed by atoms with Crippen molar-refractivity contribution in [2.24, 2.45) is 0 Å². The lowest BCUT2D eigenvalue weighted by Crippen LogP contribution is -2.39. The van der Waals surface area contributed by atoms with Crippen LogP contribution in [-0.4, -0.2) is 167 Å². The van der Waals surface area contributed by atoms with Crippen LogP contribution in [0.15, 0.2) is 73.8 Å². The van der Waals surface area contributed by atoms with E-state index in [0.717, 1.165) is 24.3 Å². The number of nitrogen functional groups attached to an aromatic ring is 2. The predicted octanol–water partition coefficient (Wildman–Crippen LogP) is 6.24. The van der Waals surface area contributed by atoms with Gasteiger partial charge in [-0.3, -0.25) is 9.13 Å². The zero-order valence-electron chi connectivity index (χ0n) is 46.9. The Labute approximate surface area is 472 Å². The highest BCUT2D eigenvalue weighted by Gasteiger charge is 2.56. The highest BCUT2D eigenvalue weighted by atomic mass is 16.8. The van der Waals surface area contributed by atoms with Crippen molar-refractivity contribution >= 4 is 57.4 Å². The summed E-state index contributed by atoms with van der Waals surface area (Å²) in [4.78, 5) is 54.1. The molecule has 2 aliphatic carbocycles. The molecule has 5 fully saturated rings. The number of urea groups is 2. The highest BCUT2D eigenvalue weighted by Crippen LogP contribution is 2.44. The number of carbonyl (C=O) groups excluding carboxylic acids is 2. The molecular weight excluding hydrogens is 1040 g/mol. The summed E-state index contributed by atoms with van der Waals surface area (Å²) in [6.07, 6.45) is 15.4. The van der Waals surface area contributed by atoms with Crippen molar-refractivity contribution in [2.45, 2.75) is 158 Å². The lowest BCUT2D eigenvalue weighted by Gasteiger charge is -2.27. The minimum Gasteiger partial charge on any atom is -0.387 e. The predicted molar refractivity (Wildman–Crippen MR) is 306 cm³/mol. The number of aliphatic hydroxyl groups excluding tert-OH is 2. The molecule has 3 saturated heterocycles. The smallest absolute Gasteiger partial charge is 0.319 e. The first-order valence-electron chi connectivity index (χ1n) is 28.7. The molecule has 0 spiro atoms. The second-order valence-electron chi connectivity index (χ2n) is 22.7. The number of hydrogen-bond acceptors (Lipinski definition) is 18. The molecule has 81 heavy (non-hydrogen) atoms. The molecule has 2 saturated carbocycles. The number of hydrogen-bond donors (Lipinski definition) is 8. The Morgan fingerprint density at radius 2 is 1.05 bits per heavy atom. The third kappa shape index (κ3) is 14.0. The molecule has 4 aromatic heterocycles. The van der Waals surface area contributed by atoms with Crippen molar-refractivity contribution in [3.8, 4) is 0 Å². The van der Waals surface area contributed by atoms with Crippen LogP contribution in [0.1, 0.15) is 126 Å². The van der Waals surface area contributed by atoms with Gasteiger partial charge >= 0.3 is 12.1 Å². The van der Waals surface area contributed by atoms with Gasteiger partial charge in [0.25, 0.3) is 0 Å². The van der Waals surface area contributed by atoms with Crippen LogP contribution in [-0.2, 0) is 18.9 Å². The Bertz CT molecular complexity index is 3020. The standard InChI is InChI=1S/C30H42N8O4.C27H38N8O4/c1-30(2)41-24-22(40-28(25(24)42-30)38-18-35-23-26(31)33-17-34-27(23)38)16-37(3)15-7-14-32-29(39)36-21-12-10-20(11-13-21)19-8-5-4-6-9-19;1-34(13-5-12-29-27(38)33-19-10-8-18(9-11-19)17-6-3-2-4-7-17)14-20-22(36)23(37)26(39-20)35-16-32-21-24(28)30-15-31-25(21)35/h10-13,17-19,22,24-25,28H,4-9,14-16H2,1-3H3,(H2,31,33,34)(H2,32,36,39);8-11,15-17,20,22-23,26,36-37H,2-7,12-14H2,1H3,(H2,28,30,31)(H2,29,33,38)/t22-,24-,25-,28-;20-,22-,23-,26-/m11/s1. The Hall–Kier alpha value is -6.64. The maximum absolute atomic E-state index is 12.5. The second-order valence-corrected chi connectivity index (χ2v) is 22.7. The van der Waals surface area contributed by atoms with Gasteiger partial charge in [0.15, 0.2) is 41.2 Å². The first-order chi connectivity index (χ1) is 39.2. The van der Waals surface area contributed by atoms with Gasteiger partial charge in [0.1, 0.15) is 60.3 Å². The van der Waals surface area contributed by atoms with Gasteiger partial charge in [0.05, 0.1) is 12.7 Å². The van der Waals surface area contributed by atoms with Crippen LogP contribution in [0, 0.1) is 0 Å². The number of aromatic nitrogens is 8. The number of anilines is 4. The highest BCUT2D eigenvalue weighted by molar-refractivity contribution is 5.90. The van der Waals surface area contributed by atoms with Gasteiger partial charge in [-0.15, -0.1) is 0 Å². The van der Waals surface area contributed by atoms with Crippen molar-refractivity contribution in [3.05, 3.63) is 85.0 Å². The van der Waals surface area contributed by atoms with Crippen LogP contribution in [0.25, 0.3) is 22.3 Å². The molecule has 0 unspecified atom stereocenters. The summed E-state index contributed by atoms with van der Waals surface area (Å²) in [6.45, 7) is 7.37. The normalized spacial score (nSPS) is 24.8. The average Bonchev–Trinajstić information content (AvgIpc) is 4.49. The Kier molecular flexibility index (Phi) is 18.5. The summed E-state index contributed by atoms with van der Waals surface area (Å²) >= 11 is 0. The molecule has 5 aliphatic rings. The van der Waals surface area contributed by atoms with Gasteiger partial charge in [-0.2, -0.15) is 0 Å². The molecule has 0 bridgehead atoms. The van der Waals surface area contributed by atoms with E-state index in [4.69, 9.17) is 30.4 Å². The van der Waals surface area contributed by atoms with Gasteiger partial charge in [-0.05, 0) is 127 Å². The lowest BCUT2D eigenvalue weighted by atomic mass is 9.84. The Balaban J connectivity index is 0.000000182. The van der Waals surface area contributed by atoms with Crippen LogP contribution in [0.5, 0.6) is 0 Å². The van der Waals surface area contributed by atoms with Crippen molar-refractivity contribution in [1.29, 1.82) is 0 Å². The first-order valence-corrected chi connectivity index (χ1v) is 28.7. The summed E-state index contributed by atoms with van der Waals surface area (Å²) in [7, 11) is 3.95. The van der Waals surface area contributed by atoms with Gasteiger partial charge < -0.3 is 71.7 Å². The largest absolute Gasteiger partial charge is 0.387 e. The molecule has 4 amide bonds. The number of fused-ring (bicyclic) bond motifs is 3. The quantitative estimate of drug-likeness (QED) is 0.0442. The Morgan fingerprint density at radius 1 is 0.605 bits per heavy atom. The number of likely N-dealkylation sites (N-methyl/N-ethyl adjacent to an activating group) is 2. The average molecular weight is 1120 g/mol. The van der Waals surface area contributed by atoms with Crippen LogP contribution in [0.2, 0.25) is 0 Å². The Morgan fingerprint density at radius 3 is 1.54 bits per heavy atom. The van der Waals surface area contributed by atoms with Gasteiger partial charge in [-0.25, -0.2) is 39.5 Å². The maximum atomic E-state index is 12.5. The minimum absolute atomic E-state index is 0.191. The van der Waals surface area contributed by atoms with E-state index in [0.29, 0.717) is 79.1 Å². The van der Waals surface area contributed by atoms with Gasteiger partial charge in [0, 0.05) is 37.6 Å². The fourth-order valence-corrected chi connectivity index (χ4v) is 12.1. The summed E-state index contributed by atoms with van der Waals surface area (Å²) in [5, 5.41) is 33.0. The van der Waals surface area contributed by atoms with Crippen molar-refractivity contribution in [3.63, 3.8) is 0 Å². The minimum atomic E-state index is -1.15. The van der Waals surface area contributed by atoms with Gasteiger partial charge in [-0.1, -0.05) is 62.8 Å². The van der Waals surface area contributed by atoms with E-state index >= 15 is 0 Å². The van der Waals surface area contributed by atoms with Crippen LogP contribution < -0.4 is 32.7 Å². The van der Waals surface area contributed by atoms with E-state index in [-0.39, 0.29) is 36.2 Å². The molecule has 436 valence electrons. The molecule has 24 nitrogen and oxygen atoms in total. The van der Waals surface area contributed by atoms with Crippen LogP contribution in [0.3, 0.4) is 0 Å². The zero-order chi connectivity index (χ0) is 56.6. The molecule has 3 aliphatic heterocycles. The number of nitrogens with one attached hydrogen (secondary N) is 4. The monoisotopic (exact) mass is 1120 g/mol. The number of nitrogens with two attached hydrogens (primary N) is 2. The van der Waals surface area contributed by atoms with E-state index in [9.17, 15) is 19.8 Å². The fourth-order valence-electron chi connectivity index (χ4n) is 12.1. The summed E-state index contributed by atoms with van der Waals surface area (Å²) in [6, 6.07) is 16.1. The molecule has 7 heterocycles. The number of rotatable bonds is 18. The van der Waals surface area contributed by atoms with E-state index in [1.54, 1.807) is 10.9 Å². The van der Waals surface area contributed by atoms with Crippen LogP contribution >= 0.6 is 0 Å². The van der Waals surface area contributed by atoms with E-state index in [1.807, 2.05) is 61.7 Å². The van der Waals surface area contributed by atoms with E-state index < -0.39 is 36.6 Å². The summed E-state index contributed by atoms with van der Waals surface area (Å²) < 4.78 is 28.5. The molecule has 6 aromatic rings. The van der Waals surface area contributed by atoms with Gasteiger partial charge in [0.2, 0.25) is 0 Å². The summed E-state index contributed by atoms with van der Waals surface area (Å²) in [5.41, 5.74) is 18.1. The molecule has 8 atom stereocenters. The zero-order valence-corrected chi connectivity index (χ0v) is 46.9. The topological polar surface area (TPSA) is 305 Å².